The van der Waals surface area contributed by atoms with Gasteiger partial charge in [0.1, 0.15) is 11.2 Å². The third-order valence-electron chi connectivity index (χ3n) is 6.15. The van der Waals surface area contributed by atoms with Crippen molar-refractivity contribution in [3.63, 3.8) is 0 Å². The van der Waals surface area contributed by atoms with Crippen molar-refractivity contribution in [2.75, 3.05) is 0 Å². The van der Waals surface area contributed by atoms with Crippen LogP contribution in [0.25, 0.3) is 55.1 Å². The minimum Gasteiger partial charge on any atom is -0.452 e. The van der Waals surface area contributed by atoms with Crippen LogP contribution in [0.1, 0.15) is 11.7 Å². The summed E-state index contributed by atoms with van der Waals surface area (Å²) in [5.41, 5.74) is 6.28. The Labute approximate surface area is 183 Å². The summed E-state index contributed by atoms with van der Waals surface area (Å²) in [6, 6.07) is 24.8. The Morgan fingerprint density at radius 1 is 0.688 bits per heavy atom. The topological polar surface area (TPSA) is 51.2 Å². The first-order valence-electron chi connectivity index (χ1n) is 10.7. The number of nitrogens with zero attached hydrogens (tertiary/aromatic N) is 1. The fraction of sp³-hybridized carbons (Fsp3) is 0.0357. The molecule has 4 heteroatoms. The molecule has 4 nitrogen and oxygen atoms in total. The summed E-state index contributed by atoms with van der Waals surface area (Å²) < 4.78 is 12.4. The van der Waals surface area contributed by atoms with E-state index < -0.39 is 0 Å². The zero-order chi connectivity index (χ0) is 21.1. The Morgan fingerprint density at radius 2 is 1.50 bits per heavy atom. The molecule has 0 saturated carbocycles. The van der Waals surface area contributed by atoms with E-state index in [0.717, 1.165) is 60.8 Å². The molecule has 7 rings (SSSR count). The van der Waals surface area contributed by atoms with Crippen LogP contribution in [0.2, 0.25) is 0 Å². The van der Waals surface area contributed by atoms with Crippen LogP contribution in [0.5, 0.6) is 0 Å². The first-order valence-corrected chi connectivity index (χ1v) is 10.7. The number of pyridine rings is 1. The molecule has 1 unspecified atom stereocenters. The van der Waals surface area contributed by atoms with E-state index in [1.165, 1.54) is 0 Å². The molecule has 3 aromatic heterocycles. The van der Waals surface area contributed by atoms with Crippen molar-refractivity contribution in [3.05, 3.63) is 103 Å². The van der Waals surface area contributed by atoms with Crippen molar-refractivity contribution in [2.45, 2.75) is 6.04 Å². The third-order valence-corrected chi connectivity index (χ3v) is 6.15. The summed E-state index contributed by atoms with van der Waals surface area (Å²) in [6.07, 6.45) is 8.08. The molecule has 0 fully saturated rings. The monoisotopic (exact) mass is 414 g/mol. The lowest BCUT2D eigenvalue weighted by atomic mass is 10.0. The summed E-state index contributed by atoms with van der Waals surface area (Å²) in [4.78, 5) is 4.92. The van der Waals surface area contributed by atoms with Crippen molar-refractivity contribution in [1.82, 2.24) is 10.3 Å². The molecular formula is C28H18N2O2. The highest BCUT2D eigenvalue weighted by atomic mass is 16.4. The average molecular weight is 414 g/mol. The van der Waals surface area contributed by atoms with E-state index in [-0.39, 0.29) is 6.04 Å². The lowest BCUT2D eigenvalue weighted by Gasteiger charge is -2.16. The molecular weight excluding hydrogens is 396 g/mol. The Hall–Kier alpha value is -4.31. The molecule has 0 spiro atoms. The fourth-order valence-corrected chi connectivity index (χ4v) is 4.59. The van der Waals surface area contributed by atoms with Crippen molar-refractivity contribution < 1.29 is 8.83 Å². The van der Waals surface area contributed by atoms with Gasteiger partial charge in [-0.3, -0.25) is 4.98 Å². The molecule has 0 aliphatic carbocycles. The highest BCUT2D eigenvalue weighted by Gasteiger charge is 2.17. The second kappa shape index (κ2) is 6.59. The number of rotatable bonds is 2. The molecule has 6 aromatic rings. The second-order valence-electron chi connectivity index (χ2n) is 8.07. The van der Waals surface area contributed by atoms with Crippen LogP contribution >= 0.6 is 0 Å². The second-order valence-corrected chi connectivity index (χ2v) is 8.07. The molecule has 0 amide bonds. The van der Waals surface area contributed by atoms with E-state index in [1.54, 1.807) is 0 Å². The SMILES string of the molecule is C1=CNC(c2cccc(-c3ccc4oc5c(ccc6c7ccccc7oc65)c4c3)n2)C=C1. The maximum atomic E-state index is 6.26. The first kappa shape index (κ1) is 17.4. The van der Waals surface area contributed by atoms with Crippen LogP contribution in [-0.2, 0) is 0 Å². The van der Waals surface area contributed by atoms with Gasteiger partial charge in [-0.15, -0.1) is 0 Å². The Morgan fingerprint density at radius 3 is 2.34 bits per heavy atom. The smallest absolute Gasteiger partial charge is 0.178 e. The van der Waals surface area contributed by atoms with E-state index in [2.05, 4.69) is 53.9 Å². The fourth-order valence-electron chi connectivity index (χ4n) is 4.59. The molecule has 152 valence electrons. The van der Waals surface area contributed by atoms with E-state index in [1.807, 2.05) is 48.7 Å². The Balaban J connectivity index is 1.40. The lowest BCUT2D eigenvalue weighted by molar-refractivity contribution is 0.633. The number of hydrogen-bond acceptors (Lipinski definition) is 4. The van der Waals surface area contributed by atoms with Gasteiger partial charge in [-0.2, -0.15) is 0 Å². The molecule has 1 aliphatic rings. The average Bonchev–Trinajstić information content (AvgIpc) is 3.42. The van der Waals surface area contributed by atoms with Gasteiger partial charge in [0.2, 0.25) is 0 Å². The summed E-state index contributed by atoms with van der Waals surface area (Å²) in [7, 11) is 0. The first-order chi connectivity index (χ1) is 15.8. The van der Waals surface area contributed by atoms with Gasteiger partial charge in [-0.05, 0) is 60.8 Å². The van der Waals surface area contributed by atoms with Gasteiger partial charge in [0.25, 0.3) is 0 Å². The van der Waals surface area contributed by atoms with Gasteiger partial charge in [0.05, 0.1) is 17.4 Å². The molecule has 32 heavy (non-hydrogen) atoms. The predicted octanol–water partition coefficient (Wildman–Crippen LogP) is 7.26. The molecule has 1 N–H and O–H groups in total. The zero-order valence-electron chi connectivity index (χ0n) is 17.1. The van der Waals surface area contributed by atoms with Crippen LogP contribution in [0.3, 0.4) is 0 Å². The Kier molecular flexibility index (Phi) is 3.58. The number of aromatic nitrogens is 1. The summed E-state index contributed by atoms with van der Waals surface area (Å²) in [6.45, 7) is 0. The normalized spacial score (nSPS) is 15.8. The van der Waals surface area contributed by atoms with Gasteiger partial charge in [0, 0.05) is 27.1 Å². The maximum absolute atomic E-state index is 6.26. The molecule has 0 radical (unpaired) electrons. The van der Waals surface area contributed by atoms with E-state index >= 15 is 0 Å². The van der Waals surface area contributed by atoms with Crippen molar-refractivity contribution >= 4 is 43.9 Å². The number of allylic oxidation sites excluding steroid dienone is 2. The maximum Gasteiger partial charge on any atom is 0.178 e. The van der Waals surface area contributed by atoms with Crippen LogP contribution in [0.4, 0.5) is 0 Å². The minimum atomic E-state index is 0.0832. The number of benzene rings is 3. The number of hydrogen-bond donors (Lipinski definition) is 1. The van der Waals surface area contributed by atoms with Crippen molar-refractivity contribution in [1.29, 1.82) is 0 Å². The summed E-state index contributed by atoms with van der Waals surface area (Å²) in [5, 5.41) is 7.62. The van der Waals surface area contributed by atoms with E-state index in [9.17, 15) is 0 Å². The molecule has 4 heterocycles. The van der Waals surface area contributed by atoms with Crippen LogP contribution in [0.15, 0.2) is 106 Å². The van der Waals surface area contributed by atoms with Gasteiger partial charge < -0.3 is 14.2 Å². The van der Waals surface area contributed by atoms with Crippen LogP contribution in [-0.4, -0.2) is 4.98 Å². The largest absolute Gasteiger partial charge is 0.452 e. The van der Waals surface area contributed by atoms with E-state index in [0.29, 0.717) is 0 Å². The molecule has 1 atom stereocenters. The number of dihydropyridines is 1. The predicted molar refractivity (Wildman–Crippen MR) is 128 cm³/mol. The highest BCUT2D eigenvalue weighted by molar-refractivity contribution is 6.19. The van der Waals surface area contributed by atoms with Crippen LogP contribution in [0, 0.1) is 0 Å². The van der Waals surface area contributed by atoms with Crippen LogP contribution < -0.4 is 5.32 Å². The number of nitrogens with one attached hydrogen (secondary N) is 1. The minimum absolute atomic E-state index is 0.0832. The zero-order valence-corrected chi connectivity index (χ0v) is 17.1. The summed E-state index contributed by atoms with van der Waals surface area (Å²) in [5.74, 6) is 0. The van der Waals surface area contributed by atoms with E-state index in [4.69, 9.17) is 13.8 Å². The third kappa shape index (κ3) is 2.53. The Bertz CT molecular complexity index is 1720. The lowest BCUT2D eigenvalue weighted by Crippen LogP contribution is -2.16. The van der Waals surface area contributed by atoms with Gasteiger partial charge in [-0.1, -0.05) is 36.4 Å². The van der Waals surface area contributed by atoms with Crippen molar-refractivity contribution in [3.8, 4) is 11.3 Å². The van der Waals surface area contributed by atoms with Gasteiger partial charge in [0.15, 0.2) is 11.2 Å². The number of fused-ring (bicyclic) bond motifs is 7. The number of para-hydroxylation sites is 1. The molecule has 1 aliphatic heterocycles. The quantitative estimate of drug-likeness (QED) is 0.324. The van der Waals surface area contributed by atoms with Gasteiger partial charge >= 0.3 is 0 Å². The number of furan rings is 2. The van der Waals surface area contributed by atoms with Crippen molar-refractivity contribution in [2.24, 2.45) is 0 Å². The molecule has 0 bridgehead atoms. The highest BCUT2D eigenvalue weighted by Crippen LogP contribution is 2.39. The molecule has 0 saturated heterocycles. The standard InChI is InChI=1S/C28H18N2O2/c1-2-10-25-18(6-1)19-12-13-20-21-16-17(11-14-26(21)32-28(20)27(19)31-25)22-8-5-9-24(30-22)23-7-3-4-15-29-23/h1-16,23,29H. The summed E-state index contributed by atoms with van der Waals surface area (Å²) >= 11 is 0. The molecule has 3 aromatic carbocycles. The van der Waals surface area contributed by atoms with Gasteiger partial charge in [-0.25, -0.2) is 0 Å².